The number of ether oxygens (including phenoxy) is 1. The molecule has 164 valence electrons. The van der Waals surface area contributed by atoms with E-state index >= 15 is 0 Å². The number of pyridine rings is 1. The highest BCUT2D eigenvalue weighted by molar-refractivity contribution is 7.92. The first kappa shape index (κ1) is 22.8. The molecule has 2 aromatic carbocycles. The van der Waals surface area contributed by atoms with Gasteiger partial charge in [-0.1, -0.05) is 13.0 Å². The molecule has 0 bridgehead atoms. The molecule has 8 nitrogen and oxygen atoms in total. The van der Waals surface area contributed by atoms with Gasteiger partial charge < -0.3 is 10.1 Å². The Hall–Kier alpha value is -3.90. The fourth-order valence-electron chi connectivity index (χ4n) is 2.93. The van der Waals surface area contributed by atoms with E-state index < -0.39 is 10.0 Å². The van der Waals surface area contributed by atoms with Crippen LogP contribution in [0.4, 0.5) is 11.4 Å². The molecule has 0 aliphatic rings. The first-order chi connectivity index (χ1) is 15.3. The van der Waals surface area contributed by atoms with Gasteiger partial charge in [-0.2, -0.15) is 5.26 Å². The van der Waals surface area contributed by atoms with Gasteiger partial charge in [0, 0.05) is 23.1 Å². The SMILES string of the molecule is CCCS(=O)(=O)Nc1cccc(C(=O)Nc2ccc(Oc3ncccc3C#N)cc2C)c1. The molecule has 1 heterocycles. The van der Waals surface area contributed by atoms with Crippen molar-refractivity contribution in [3.8, 4) is 17.7 Å². The number of carbonyl (C=O) groups excluding carboxylic acids is 1. The number of carbonyl (C=O) groups is 1. The van der Waals surface area contributed by atoms with Gasteiger partial charge in [-0.3, -0.25) is 9.52 Å². The van der Waals surface area contributed by atoms with Gasteiger partial charge >= 0.3 is 0 Å². The lowest BCUT2D eigenvalue weighted by molar-refractivity contribution is 0.102. The summed E-state index contributed by atoms with van der Waals surface area (Å²) in [5, 5.41) is 12.0. The van der Waals surface area contributed by atoms with E-state index in [1.54, 1.807) is 62.4 Å². The zero-order valence-corrected chi connectivity index (χ0v) is 18.4. The zero-order valence-electron chi connectivity index (χ0n) is 17.6. The third-order valence-corrected chi connectivity index (χ3v) is 5.92. The Balaban J connectivity index is 1.73. The van der Waals surface area contributed by atoms with Crippen molar-refractivity contribution in [3.05, 3.63) is 77.5 Å². The van der Waals surface area contributed by atoms with E-state index in [0.717, 1.165) is 5.56 Å². The first-order valence-corrected chi connectivity index (χ1v) is 11.5. The minimum absolute atomic E-state index is 0.00536. The van der Waals surface area contributed by atoms with Crippen molar-refractivity contribution in [1.29, 1.82) is 5.26 Å². The molecule has 0 fully saturated rings. The van der Waals surface area contributed by atoms with E-state index in [9.17, 15) is 13.2 Å². The molecule has 0 unspecified atom stereocenters. The van der Waals surface area contributed by atoms with Crippen LogP contribution < -0.4 is 14.8 Å². The fourth-order valence-corrected chi connectivity index (χ4v) is 4.05. The van der Waals surface area contributed by atoms with Gasteiger partial charge in [0.2, 0.25) is 15.9 Å². The minimum atomic E-state index is -3.45. The number of benzene rings is 2. The molecule has 0 radical (unpaired) electrons. The number of anilines is 2. The van der Waals surface area contributed by atoms with Gasteiger partial charge in [0.15, 0.2) is 0 Å². The molecular formula is C23H22N4O4S. The minimum Gasteiger partial charge on any atom is -0.438 e. The van der Waals surface area contributed by atoms with Crippen molar-refractivity contribution in [3.63, 3.8) is 0 Å². The van der Waals surface area contributed by atoms with E-state index in [0.29, 0.717) is 34.7 Å². The molecule has 9 heteroatoms. The lowest BCUT2D eigenvalue weighted by atomic mass is 10.1. The molecule has 0 saturated heterocycles. The zero-order chi connectivity index (χ0) is 23.1. The number of aromatic nitrogens is 1. The Labute approximate surface area is 186 Å². The lowest BCUT2D eigenvalue weighted by Crippen LogP contribution is -2.17. The van der Waals surface area contributed by atoms with Crippen molar-refractivity contribution >= 4 is 27.3 Å². The number of hydrogen-bond acceptors (Lipinski definition) is 6. The highest BCUT2D eigenvalue weighted by Crippen LogP contribution is 2.27. The molecule has 1 aromatic heterocycles. The van der Waals surface area contributed by atoms with E-state index in [-0.39, 0.29) is 17.5 Å². The van der Waals surface area contributed by atoms with Crippen LogP contribution in [0.2, 0.25) is 0 Å². The van der Waals surface area contributed by atoms with Crippen LogP contribution in [0.1, 0.15) is 34.8 Å². The molecule has 3 aromatic rings. The van der Waals surface area contributed by atoms with Crippen LogP contribution in [0.5, 0.6) is 11.6 Å². The molecule has 1 amide bonds. The van der Waals surface area contributed by atoms with E-state index in [1.807, 2.05) is 6.07 Å². The maximum absolute atomic E-state index is 12.7. The van der Waals surface area contributed by atoms with Crippen LogP contribution in [0.3, 0.4) is 0 Å². The summed E-state index contributed by atoms with van der Waals surface area (Å²) in [4.78, 5) is 16.8. The van der Waals surface area contributed by atoms with Crippen LogP contribution >= 0.6 is 0 Å². The number of hydrogen-bond donors (Lipinski definition) is 2. The first-order valence-electron chi connectivity index (χ1n) is 9.87. The van der Waals surface area contributed by atoms with Gasteiger partial charge in [0.1, 0.15) is 17.4 Å². The van der Waals surface area contributed by atoms with Gasteiger partial charge in [0.05, 0.1) is 5.75 Å². The van der Waals surface area contributed by atoms with Crippen LogP contribution in [0.15, 0.2) is 60.8 Å². The highest BCUT2D eigenvalue weighted by Gasteiger charge is 2.13. The van der Waals surface area contributed by atoms with Crippen molar-refractivity contribution in [2.75, 3.05) is 15.8 Å². The summed E-state index contributed by atoms with van der Waals surface area (Å²) in [6, 6.07) is 16.6. The summed E-state index contributed by atoms with van der Waals surface area (Å²) < 4.78 is 32.1. The molecule has 2 N–H and O–H groups in total. The maximum atomic E-state index is 12.7. The number of amides is 1. The molecule has 0 spiro atoms. The summed E-state index contributed by atoms with van der Waals surface area (Å²) >= 11 is 0. The number of nitrogens with one attached hydrogen (secondary N) is 2. The third-order valence-electron chi connectivity index (χ3n) is 4.42. The summed E-state index contributed by atoms with van der Waals surface area (Å²) in [5.74, 6) is 0.303. The second kappa shape index (κ2) is 9.94. The maximum Gasteiger partial charge on any atom is 0.255 e. The third kappa shape index (κ3) is 5.83. The molecular weight excluding hydrogens is 428 g/mol. The molecule has 0 atom stereocenters. The lowest BCUT2D eigenvalue weighted by Gasteiger charge is -2.12. The Bertz CT molecular complexity index is 1280. The predicted molar refractivity (Wildman–Crippen MR) is 122 cm³/mol. The average molecular weight is 451 g/mol. The topological polar surface area (TPSA) is 121 Å². The van der Waals surface area contributed by atoms with E-state index in [2.05, 4.69) is 15.0 Å². The van der Waals surface area contributed by atoms with Gasteiger partial charge in [-0.15, -0.1) is 0 Å². The monoisotopic (exact) mass is 450 g/mol. The summed E-state index contributed by atoms with van der Waals surface area (Å²) in [5.41, 5.74) is 2.27. The average Bonchev–Trinajstić information content (AvgIpc) is 2.75. The standard InChI is InChI=1S/C23H22N4O4S/c1-3-12-32(29,30)27-19-8-4-6-17(14-19)22(28)26-21-10-9-20(13-16(21)2)31-23-18(15-24)7-5-11-25-23/h4-11,13-14,27H,3,12H2,1-2H3,(H,26,28). The van der Waals surface area contributed by atoms with Crippen LogP contribution in [0.25, 0.3) is 0 Å². The number of rotatable bonds is 8. The van der Waals surface area contributed by atoms with Crippen LogP contribution in [0, 0.1) is 18.3 Å². The predicted octanol–water partition coefficient (Wildman–Crippen LogP) is 4.46. The summed E-state index contributed by atoms with van der Waals surface area (Å²) in [7, 11) is -3.45. The van der Waals surface area contributed by atoms with Gasteiger partial charge in [-0.05, 0) is 67.4 Å². The molecule has 3 rings (SSSR count). The van der Waals surface area contributed by atoms with Crippen molar-refractivity contribution in [1.82, 2.24) is 4.98 Å². The molecule has 0 aliphatic carbocycles. The Morgan fingerprint density at radius 3 is 2.69 bits per heavy atom. The molecule has 32 heavy (non-hydrogen) atoms. The van der Waals surface area contributed by atoms with E-state index in [1.165, 1.54) is 12.3 Å². The van der Waals surface area contributed by atoms with Crippen LogP contribution in [-0.4, -0.2) is 25.1 Å². The molecule has 0 saturated carbocycles. The van der Waals surface area contributed by atoms with Crippen LogP contribution in [-0.2, 0) is 10.0 Å². The number of sulfonamides is 1. The second-order valence-electron chi connectivity index (χ2n) is 7.00. The van der Waals surface area contributed by atoms with Crippen molar-refractivity contribution in [2.45, 2.75) is 20.3 Å². The highest BCUT2D eigenvalue weighted by atomic mass is 32.2. The largest absolute Gasteiger partial charge is 0.438 e. The number of aryl methyl sites for hydroxylation is 1. The fraction of sp³-hybridized carbons (Fsp3) is 0.174. The van der Waals surface area contributed by atoms with Gasteiger partial charge in [-0.25, -0.2) is 13.4 Å². The Morgan fingerprint density at radius 1 is 1.16 bits per heavy atom. The summed E-state index contributed by atoms with van der Waals surface area (Å²) in [6.45, 7) is 3.59. The summed E-state index contributed by atoms with van der Waals surface area (Å²) in [6.07, 6.45) is 2.03. The van der Waals surface area contributed by atoms with Crippen molar-refractivity contribution < 1.29 is 17.9 Å². The smallest absolute Gasteiger partial charge is 0.255 e. The Kier molecular flexibility index (Phi) is 7.07. The number of nitriles is 1. The number of nitrogens with zero attached hydrogens (tertiary/aromatic N) is 2. The second-order valence-corrected chi connectivity index (χ2v) is 8.84. The van der Waals surface area contributed by atoms with Crippen molar-refractivity contribution in [2.24, 2.45) is 0 Å². The quantitative estimate of drug-likeness (QED) is 0.523. The van der Waals surface area contributed by atoms with E-state index in [4.69, 9.17) is 10.00 Å². The molecule has 0 aliphatic heterocycles. The Morgan fingerprint density at radius 2 is 1.97 bits per heavy atom. The van der Waals surface area contributed by atoms with Gasteiger partial charge in [0.25, 0.3) is 5.91 Å². The normalized spacial score (nSPS) is 10.8.